The van der Waals surface area contributed by atoms with E-state index < -0.39 is 0 Å². The van der Waals surface area contributed by atoms with E-state index in [1.807, 2.05) is 48.5 Å². The molecule has 0 radical (unpaired) electrons. The lowest BCUT2D eigenvalue weighted by atomic mass is 10.0. The highest BCUT2D eigenvalue weighted by Crippen LogP contribution is 2.24. The van der Waals surface area contributed by atoms with Gasteiger partial charge in [0.15, 0.2) is 0 Å². The lowest BCUT2D eigenvalue weighted by Gasteiger charge is -2.27. The molecule has 3 aromatic rings. The molecule has 0 saturated carbocycles. The van der Waals surface area contributed by atoms with Crippen LogP contribution in [-0.4, -0.2) is 43.0 Å². The van der Waals surface area contributed by atoms with E-state index in [9.17, 15) is 9.59 Å². The number of amides is 2. The van der Waals surface area contributed by atoms with Crippen molar-refractivity contribution in [2.24, 2.45) is 0 Å². The number of morpholine rings is 1. The largest absolute Gasteiger partial charge is 0.378 e. The molecule has 5 nitrogen and oxygen atoms in total. The van der Waals surface area contributed by atoms with E-state index in [1.165, 1.54) is 0 Å². The van der Waals surface area contributed by atoms with Gasteiger partial charge in [0.1, 0.15) is 0 Å². The highest BCUT2D eigenvalue weighted by atomic mass is 127. The Labute approximate surface area is 176 Å². The fourth-order valence-electron chi connectivity index (χ4n) is 3.35. The van der Waals surface area contributed by atoms with Crippen LogP contribution in [0.4, 0.5) is 5.69 Å². The third-order valence-electron chi connectivity index (χ3n) is 4.79. The van der Waals surface area contributed by atoms with Crippen LogP contribution in [0.15, 0.2) is 60.7 Å². The Hall–Kier alpha value is -2.45. The van der Waals surface area contributed by atoms with Crippen LogP contribution in [0.25, 0.3) is 10.8 Å². The molecule has 1 saturated heterocycles. The van der Waals surface area contributed by atoms with Gasteiger partial charge < -0.3 is 15.0 Å². The van der Waals surface area contributed by atoms with Gasteiger partial charge in [-0.25, -0.2) is 0 Å². The summed E-state index contributed by atoms with van der Waals surface area (Å²) in [6, 6.07) is 18.9. The standard InChI is InChI=1S/C22H19IN2O3/c23-16-8-9-20(19(14-16)22(27)25-10-12-28-13-11-25)24-21(26)18-7-3-5-15-4-1-2-6-17(15)18/h1-9,14H,10-13H2,(H,24,26). The number of anilines is 1. The molecule has 1 N–H and O–H groups in total. The molecule has 0 atom stereocenters. The second-order valence-corrected chi connectivity index (χ2v) is 7.82. The average molecular weight is 486 g/mol. The monoisotopic (exact) mass is 486 g/mol. The third-order valence-corrected chi connectivity index (χ3v) is 5.46. The fraction of sp³-hybridized carbons (Fsp3) is 0.182. The van der Waals surface area contributed by atoms with Crippen LogP contribution in [0.3, 0.4) is 0 Å². The molecule has 2 amide bonds. The summed E-state index contributed by atoms with van der Waals surface area (Å²) in [6.07, 6.45) is 0. The van der Waals surface area contributed by atoms with Gasteiger partial charge >= 0.3 is 0 Å². The quantitative estimate of drug-likeness (QED) is 0.566. The van der Waals surface area contributed by atoms with Crippen molar-refractivity contribution in [3.63, 3.8) is 0 Å². The minimum absolute atomic E-state index is 0.0879. The fourth-order valence-corrected chi connectivity index (χ4v) is 3.84. The Balaban J connectivity index is 1.66. The first-order valence-corrected chi connectivity index (χ1v) is 10.2. The zero-order valence-electron chi connectivity index (χ0n) is 15.2. The van der Waals surface area contributed by atoms with Gasteiger partial charge in [-0.1, -0.05) is 36.4 Å². The van der Waals surface area contributed by atoms with Gasteiger partial charge in [-0.15, -0.1) is 0 Å². The van der Waals surface area contributed by atoms with E-state index in [0.717, 1.165) is 14.3 Å². The Kier molecular flexibility index (Phi) is 5.59. The molecule has 0 unspecified atom stereocenters. The van der Waals surface area contributed by atoms with Crippen LogP contribution in [0.1, 0.15) is 20.7 Å². The van der Waals surface area contributed by atoms with E-state index >= 15 is 0 Å². The van der Waals surface area contributed by atoms with Gasteiger partial charge in [-0.2, -0.15) is 0 Å². The van der Waals surface area contributed by atoms with E-state index in [4.69, 9.17) is 4.74 Å². The predicted molar refractivity (Wildman–Crippen MR) is 118 cm³/mol. The lowest BCUT2D eigenvalue weighted by molar-refractivity contribution is 0.0303. The van der Waals surface area contributed by atoms with Crippen molar-refractivity contribution in [3.05, 3.63) is 75.4 Å². The molecule has 0 bridgehead atoms. The highest BCUT2D eigenvalue weighted by molar-refractivity contribution is 14.1. The molecule has 0 aromatic heterocycles. The number of carbonyl (C=O) groups excluding carboxylic acids is 2. The zero-order chi connectivity index (χ0) is 19.5. The van der Waals surface area contributed by atoms with Crippen molar-refractivity contribution >= 4 is 50.9 Å². The number of rotatable bonds is 3. The SMILES string of the molecule is O=C(Nc1ccc(I)cc1C(=O)N1CCOCC1)c1cccc2ccccc12. The number of ether oxygens (including phenoxy) is 1. The van der Waals surface area contributed by atoms with Crippen molar-refractivity contribution in [1.82, 2.24) is 4.90 Å². The molecule has 28 heavy (non-hydrogen) atoms. The first-order chi connectivity index (χ1) is 13.6. The van der Waals surface area contributed by atoms with Gasteiger partial charge in [0.05, 0.1) is 24.5 Å². The number of carbonyl (C=O) groups is 2. The van der Waals surface area contributed by atoms with Crippen LogP contribution in [-0.2, 0) is 4.74 Å². The molecule has 1 aliphatic rings. The summed E-state index contributed by atoms with van der Waals surface area (Å²) in [7, 11) is 0. The molecule has 0 spiro atoms. The van der Waals surface area contributed by atoms with Crippen molar-refractivity contribution in [3.8, 4) is 0 Å². The van der Waals surface area contributed by atoms with Gasteiger partial charge in [-0.05, 0) is 57.6 Å². The second-order valence-electron chi connectivity index (χ2n) is 6.58. The van der Waals surface area contributed by atoms with Crippen LogP contribution >= 0.6 is 22.6 Å². The molecule has 3 aromatic carbocycles. The van der Waals surface area contributed by atoms with E-state index in [0.29, 0.717) is 43.1 Å². The Bertz CT molecular complexity index is 1040. The number of hydrogen-bond donors (Lipinski definition) is 1. The Morgan fingerprint density at radius 2 is 1.68 bits per heavy atom. The highest BCUT2D eigenvalue weighted by Gasteiger charge is 2.22. The number of benzene rings is 3. The first-order valence-electron chi connectivity index (χ1n) is 9.09. The number of nitrogens with zero attached hydrogens (tertiary/aromatic N) is 1. The van der Waals surface area contributed by atoms with E-state index in [2.05, 4.69) is 27.9 Å². The van der Waals surface area contributed by atoms with Crippen LogP contribution < -0.4 is 5.32 Å². The third kappa shape index (κ3) is 3.88. The Morgan fingerprint density at radius 3 is 2.50 bits per heavy atom. The second kappa shape index (κ2) is 8.28. The maximum Gasteiger partial charge on any atom is 0.256 e. The summed E-state index contributed by atoms with van der Waals surface area (Å²) < 4.78 is 6.28. The Morgan fingerprint density at radius 1 is 0.929 bits per heavy atom. The lowest BCUT2D eigenvalue weighted by Crippen LogP contribution is -2.41. The first kappa shape index (κ1) is 18.9. The molecule has 0 aliphatic carbocycles. The summed E-state index contributed by atoms with van der Waals surface area (Å²) in [5.41, 5.74) is 1.61. The number of fused-ring (bicyclic) bond motifs is 1. The van der Waals surface area contributed by atoms with E-state index in [-0.39, 0.29) is 11.8 Å². The van der Waals surface area contributed by atoms with Crippen LogP contribution in [0.5, 0.6) is 0 Å². The zero-order valence-corrected chi connectivity index (χ0v) is 17.3. The topological polar surface area (TPSA) is 58.6 Å². The number of halogens is 1. The normalized spacial score (nSPS) is 14.1. The molecular formula is C22H19IN2O3. The maximum atomic E-state index is 13.0. The summed E-state index contributed by atoms with van der Waals surface area (Å²) >= 11 is 2.17. The molecule has 1 aliphatic heterocycles. The number of nitrogens with one attached hydrogen (secondary N) is 1. The van der Waals surface area contributed by atoms with Crippen molar-refractivity contribution in [1.29, 1.82) is 0 Å². The van der Waals surface area contributed by atoms with Crippen LogP contribution in [0.2, 0.25) is 0 Å². The molecule has 1 fully saturated rings. The van der Waals surface area contributed by atoms with Crippen molar-refractivity contribution < 1.29 is 14.3 Å². The van der Waals surface area contributed by atoms with Gasteiger partial charge in [0, 0.05) is 22.2 Å². The summed E-state index contributed by atoms with van der Waals surface area (Å²) in [5.74, 6) is -0.316. The van der Waals surface area contributed by atoms with Gasteiger partial charge in [0.2, 0.25) is 0 Å². The molecule has 142 valence electrons. The average Bonchev–Trinajstić information content (AvgIpc) is 2.74. The molecular weight excluding hydrogens is 467 g/mol. The smallest absolute Gasteiger partial charge is 0.256 e. The summed E-state index contributed by atoms with van der Waals surface area (Å²) in [5, 5.41) is 4.83. The number of hydrogen-bond acceptors (Lipinski definition) is 3. The summed E-state index contributed by atoms with van der Waals surface area (Å²) in [6.45, 7) is 2.18. The van der Waals surface area contributed by atoms with Crippen molar-refractivity contribution in [2.75, 3.05) is 31.6 Å². The van der Waals surface area contributed by atoms with Gasteiger partial charge in [-0.3, -0.25) is 9.59 Å². The van der Waals surface area contributed by atoms with E-state index in [1.54, 1.807) is 17.0 Å². The maximum absolute atomic E-state index is 13.0. The molecule has 6 heteroatoms. The van der Waals surface area contributed by atoms with Crippen molar-refractivity contribution in [2.45, 2.75) is 0 Å². The predicted octanol–water partition coefficient (Wildman–Crippen LogP) is 4.17. The van der Waals surface area contributed by atoms with Gasteiger partial charge in [0.25, 0.3) is 11.8 Å². The van der Waals surface area contributed by atoms with Crippen LogP contribution in [0, 0.1) is 3.57 Å². The molecule has 4 rings (SSSR count). The minimum atomic E-state index is -0.228. The minimum Gasteiger partial charge on any atom is -0.378 e. The molecule has 1 heterocycles. The summed E-state index contributed by atoms with van der Waals surface area (Å²) in [4.78, 5) is 27.8.